The summed E-state index contributed by atoms with van der Waals surface area (Å²) in [6.45, 7) is 1.10. The summed E-state index contributed by atoms with van der Waals surface area (Å²) in [5.41, 5.74) is -4.33. The van der Waals surface area contributed by atoms with Crippen LogP contribution in [0.3, 0.4) is 0 Å². The highest BCUT2D eigenvalue weighted by Crippen LogP contribution is 2.39. The van der Waals surface area contributed by atoms with Crippen LogP contribution < -0.4 is 0 Å². The first-order chi connectivity index (χ1) is 10.4. The van der Waals surface area contributed by atoms with Crippen LogP contribution in [0.4, 0.5) is 26.3 Å². The van der Waals surface area contributed by atoms with Crippen molar-refractivity contribution in [2.45, 2.75) is 31.5 Å². The van der Waals surface area contributed by atoms with Gasteiger partial charge in [0.05, 0.1) is 17.7 Å². The highest BCUT2D eigenvalue weighted by molar-refractivity contribution is 5.75. The van der Waals surface area contributed by atoms with Gasteiger partial charge in [-0.1, -0.05) is 0 Å². The standard InChI is InChI=1S/C13H12F6O4/c1-2-23-11(22)10(21)9(20)7-5-6(12(14,15)16)3-4-8(7)13(17,18)19/h3-5,9-10,20-21H,2H2,1H3. The lowest BCUT2D eigenvalue weighted by molar-refractivity contribution is -0.161. The van der Waals surface area contributed by atoms with Crippen LogP contribution in [0.15, 0.2) is 18.2 Å². The molecule has 1 aromatic carbocycles. The Balaban J connectivity index is 3.37. The van der Waals surface area contributed by atoms with E-state index in [1.165, 1.54) is 6.92 Å². The first-order valence-electron chi connectivity index (χ1n) is 6.20. The third kappa shape index (κ3) is 4.58. The van der Waals surface area contributed by atoms with E-state index in [9.17, 15) is 41.4 Å². The SMILES string of the molecule is CCOC(=O)C(O)C(O)c1cc(C(F)(F)F)ccc1C(F)(F)F. The number of carbonyl (C=O) groups excluding carboxylic acids is 1. The van der Waals surface area contributed by atoms with Crippen molar-refractivity contribution in [3.05, 3.63) is 34.9 Å². The van der Waals surface area contributed by atoms with Gasteiger partial charge in [-0.15, -0.1) is 0 Å². The average Bonchev–Trinajstić information content (AvgIpc) is 2.43. The fourth-order valence-corrected chi connectivity index (χ4v) is 1.77. The van der Waals surface area contributed by atoms with E-state index in [0.717, 1.165) is 0 Å². The van der Waals surface area contributed by atoms with Crippen LogP contribution >= 0.6 is 0 Å². The van der Waals surface area contributed by atoms with E-state index in [1.807, 2.05) is 0 Å². The molecule has 0 bridgehead atoms. The largest absolute Gasteiger partial charge is 0.464 e. The van der Waals surface area contributed by atoms with Crippen molar-refractivity contribution in [3.63, 3.8) is 0 Å². The van der Waals surface area contributed by atoms with Gasteiger partial charge in [0, 0.05) is 0 Å². The van der Waals surface area contributed by atoms with Crippen LogP contribution in [0.2, 0.25) is 0 Å². The molecular weight excluding hydrogens is 334 g/mol. The molecule has 0 radical (unpaired) electrons. The van der Waals surface area contributed by atoms with E-state index in [-0.39, 0.29) is 24.8 Å². The van der Waals surface area contributed by atoms with Crippen molar-refractivity contribution in [2.24, 2.45) is 0 Å². The maximum Gasteiger partial charge on any atom is 0.416 e. The lowest BCUT2D eigenvalue weighted by atomic mass is 9.95. The predicted octanol–water partition coefficient (Wildman–Crippen LogP) is 2.68. The zero-order chi connectivity index (χ0) is 18.0. The van der Waals surface area contributed by atoms with E-state index >= 15 is 0 Å². The highest BCUT2D eigenvalue weighted by Gasteiger charge is 2.40. The molecule has 4 nitrogen and oxygen atoms in total. The van der Waals surface area contributed by atoms with Gasteiger partial charge in [0.2, 0.25) is 0 Å². The molecule has 0 amide bonds. The molecule has 2 unspecified atom stereocenters. The Labute approximate surface area is 126 Å². The number of rotatable bonds is 4. The van der Waals surface area contributed by atoms with Gasteiger partial charge < -0.3 is 14.9 Å². The minimum atomic E-state index is -5.09. The zero-order valence-electron chi connectivity index (χ0n) is 11.6. The molecule has 1 aromatic rings. The summed E-state index contributed by atoms with van der Waals surface area (Å²) in [6.07, 6.45) is -15.0. The second-order valence-electron chi connectivity index (χ2n) is 4.44. The van der Waals surface area contributed by atoms with Crippen molar-refractivity contribution in [2.75, 3.05) is 6.61 Å². The molecule has 0 spiro atoms. The Morgan fingerprint density at radius 2 is 1.70 bits per heavy atom. The first-order valence-corrected chi connectivity index (χ1v) is 6.20. The Hall–Kier alpha value is -1.81. The van der Waals surface area contributed by atoms with Gasteiger partial charge in [0.1, 0.15) is 6.10 Å². The monoisotopic (exact) mass is 346 g/mol. The van der Waals surface area contributed by atoms with E-state index in [2.05, 4.69) is 4.74 Å². The smallest absolute Gasteiger partial charge is 0.416 e. The summed E-state index contributed by atoms with van der Waals surface area (Å²) in [4.78, 5) is 11.3. The normalized spacial score (nSPS) is 15.2. The van der Waals surface area contributed by atoms with E-state index in [1.54, 1.807) is 0 Å². The van der Waals surface area contributed by atoms with Crippen molar-refractivity contribution in [3.8, 4) is 0 Å². The number of esters is 1. The maximum atomic E-state index is 12.9. The molecule has 0 saturated carbocycles. The number of hydrogen-bond acceptors (Lipinski definition) is 4. The number of aliphatic hydroxyl groups is 2. The zero-order valence-corrected chi connectivity index (χ0v) is 11.6. The molecule has 0 heterocycles. The van der Waals surface area contributed by atoms with Crippen molar-refractivity contribution in [1.82, 2.24) is 0 Å². The van der Waals surface area contributed by atoms with Crippen LogP contribution in [-0.2, 0) is 21.9 Å². The van der Waals surface area contributed by atoms with Gasteiger partial charge in [0.15, 0.2) is 6.10 Å². The molecule has 10 heteroatoms. The summed E-state index contributed by atoms with van der Waals surface area (Å²) in [6, 6.07) is 0.352. The van der Waals surface area contributed by atoms with Gasteiger partial charge in [-0.05, 0) is 30.7 Å². The van der Waals surface area contributed by atoms with E-state index in [0.29, 0.717) is 0 Å². The number of halogens is 6. The lowest BCUT2D eigenvalue weighted by Crippen LogP contribution is -2.31. The number of alkyl halides is 6. The molecular formula is C13H12F6O4. The third-order valence-electron chi connectivity index (χ3n) is 2.83. The van der Waals surface area contributed by atoms with Gasteiger partial charge in [-0.3, -0.25) is 0 Å². The Bertz CT molecular complexity index is 567. The topological polar surface area (TPSA) is 66.8 Å². The number of benzene rings is 1. The fourth-order valence-electron chi connectivity index (χ4n) is 1.77. The molecule has 0 aliphatic heterocycles. The number of carbonyl (C=O) groups is 1. The number of ether oxygens (including phenoxy) is 1. The molecule has 0 aliphatic rings. The van der Waals surface area contributed by atoms with Gasteiger partial charge >= 0.3 is 18.3 Å². The minimum absolute atomic E-state index is 0.0376. The molecule has 2 N–H and O–H groups in total. The van der Waals surface area contributed by atoms with Crippen molar-refractivity contribution < 1.29 is 46.1 Å². The molecule has 1 rings (SSSR count). The number of hydrogen-bond donors (Lipinski definition) is 2. The number of aliphatic hydroxyl groups excluding tert-OH is 2. The third-order valence-corrected chi connectivity index (χ3v) is 2.83. The van der Waals surface area contributed by atoms with Gasteiger partial charge in [-0.25, -0.2) is 4.79 Å². The highest BCUT2D eigenvalue weighted by atomic mass is 19.4. The van der Waals surface area contributed by atoms with Crippen LogP contribution in [0.25, 0.3) is 0 Å². The molecule has 130 valence electrons. The van der Waals surface area contributed by atoms with Crippen LogP contribution in [0.5, 0.6) is 0 Å². The van der Waals surface area contributed by atoms with Crippen LogP contribution in [0.1, 0.15) is 29.7 Å². The van der Waals surface area contributed by atoms with Crippen molar-refractivity contribution >= 4 is 5.97 Å². The molecule has 0 saturated heterocycles. The lowest BCUT2D eigenvalue weighted by Gasteiger charge is -2.22. The summed E-state index contributed by atoms with van der Waals surface area (Å²) < 4.78 is 80.8. The summed E-state index contributed by atoms with van der Waals surface area (Å²) in [5, 5.41) is 19.2. The summed E-state index contributed by atoms with van der Waals surface area (Å²) in [5.74, 6) is -1.45. The Morgan fingerprint density at radius 3 is 2.13 bits per heavy atom. The fraction of sp³-hybridized carbons (Fsp3) is 0.462. The van der Waals surface area contributed by atoms with E-state index in [4.69, 9.17) is 0 Å². The predicted molar refractivity (Wildman–Crippen MR) is 64.0 cm³/mol. The molecule has 0 aliphatic carbocycles. The quantitative estimate of drug-likeness (QED) is 0.650. The summed E-state index contributed by atoms with van der Waals surface area (Å²) in [7, 11) is 0. The average molecular weight is 346 g/mol. The van der Waals surface area contributed by atoms with Crippen molar-refractivity contribution in [1.29, 1.82) is 0 Å². The first kappa shape index (κ1) is 19.2. The molecule has 2 atom stereocenters. The van der Waals surface area contributed by atoms with E-state index < -0.39 is 47.2 Å². The van der Waals surface area contributed by atoms with Crippen LogP contribution in [-0.4, -0.2) is 28.9 Å². The Kier molecular flexibility index (Phi) is 5.65. The van der Waals surface area contributed by atoms with Gasteiger partial charge in [0.25, 0.3) is 0 Å². The van der Waals surface area contributed by atoms with Gasteiger partial charge in [-0.2, -0.15) is 26.3 Å². The second-order valence-corrected chi connectivity index (χ2v) is 4.44. The Morgan fingerprint density at radius 1 is 1.13 bits per heavy atom. The minimum Gasteiger partial charge on any atom is -0.464 e. The molecule has 0 fully saturated rings. The molecule has 23 heavy (non-hydrogen) atoms. The molecule has 0 aromatic heterocycles. The van der Waals surface area contributed by atoms with Crippen LogP contribution in [0, 0.1) is 0 Å². The second kappa shape index (κ2) is 6.75. The summed E-state index contributed by atoms with van der Waals surface area (Å²) >= 11 is 0. The maximum absolute atomic E-state index is 12.9.